The third-order valence-electron chi connectivity index (χ3n) is 3.86. The number of benzene rings is 1. The van der Waals surface area contributed by atoms with Crippen LogP contribution in [0.25, 0.3) is 10.9 Å². The lowest BCUT2D eigenvalue weighted by atomic mass is 10.2. The summed E-state index contributed by atoms with van der Waals surface area (Å²) in [5.74, 6) is 0.675. The Morgan fingerprint density at radius 2 is 2.24 bits per heavy atom. The Morgan fingerprint density at radius 1 is 1.33 bits per heavy atom. The second kappa shape index (κ2) is 4.73. The van der Waals surface area contributed by atoms with Crippen molar-refractivity contribution in [3.05, 3.63) is 52.9 Å². The van der Waals surface area contributed by atoms with Gasteiger partial charge in [-0.1, -0.05) is 12.1 Å². The van der Waals surface area contributed by atoms with Crippen LogP contribution < -0.4 is 10.5 Å². The molecule has 3 heterocycles. The highest BCUT2D eigenvalue weighted by molar-refractivity contribution is 5.77. The number of anilines is 1. The van der Waals surface area contributed by atoms with Crippen molar-refractivity contribution in [1.82, 2.24) is 15.0 Å². The zero-order valence-electron chi connectivity index (χ0n) is 11.3. The minimum absolute atomic E-state index is 0.000885. The van der Waals surface area contributed by atoms with Crippen LogP contribution in [0.3, 0.4) is 0 Å². The average molecular weight is 282 g/mol. The Bertz CT molecular complexity index is 825. The molecule has 1 unspecified atom stereocenters. The number of H-pyrrole nitrogens is 1. The molecular weight excluding hydrogens is 268 g/mol. The van der Waals surface area contributed by atoms with Crippen LogP contribution in [0, 0.1) is 0 Å². The van der Waals surface area contributed by atoms with E-state index >= 15 is 0 Å². The van der Waals surface area contributed by atoms with E-state index in [0.717, 1.165) is 24.9 Å². The molecule has 0 radical (unpaired) electrons. The van der Waals surface area contributed by atoms with Gasteiger partial charge in [-0.2, -0.15) is 0 Å². The summed E-state index contributed by atoms with van der Waals surface area (Å²) in [4.78, 5) is 26.0. The SMILES string of the molecule is O=c1[nH]c(C2CCCN2c2ncco2)nc2ccccc12. The Labute approximate surface area is 120 Å². The number of rotatable bonds is 2. The number of oxazole rings is 1. The second-order valence-electron chi connectivity index (χ2n) is 5.13. The molecule has 0 spiro atoms. The molecule has 1 aliphatic rings. The summed E-state index contributed by atoms with van der Waals surface area (Å²) in [6.07, 6.45) is 5.12. The Kier molecular flexibility index (Phi) is 2.73. The van der Waals surface area contributed by atoms with Gasteiger partial charge in [0, 0.05) is 6.54 Å². The van der Waals surface area contributed by atoms with E-state index in [1.165, 1.54) is 0 Å². The molecule has 6 heteroatoms. The normalized spacial score (nSPS) is 18.5. The molecule has 21 heavy (non-hydrogen) atoms. The van der Waals surface area contributed by atoms with Crippen molar-refractivity contribution in [1.29, 1.82) is 0 Å². The lowest BCUT2D eigenvalue weighted by Crippen LogP contribution is -2.26. The summed E-state index contributed by atoms with van der Waals surface area (Å²) in [5.41, 5.74) is 0.616. The summed E-state index contributed by atoms with van der Waals surface area (Å²) in [6, 6.07) is 7.95. The van der Waals surface area contributed by atoms with Crippen LogP contribution in [0.5, 0.6) is 0 Å². The van der Waals surface area contributed by atoms with Gasteiger partial charge in [-0.15, -0.1) is 0 Å². The molecule has 1 N–H and O–H groups in total. The molecule has 3 aromatic rings. The van der Waals surface area contributed by atoms with Crippen molar-refractivity contribution in [2.75, 3.05) is 11.4 Å². The largest absolute Gasteiger partial charge is 0.432 e. The molecule has 1 aliphatic heterocycles. The van der Waals surface area contributed by atoms with Crippen LogP contribution in [0.1, 0.15) is 24.7 Å². The highest BCUT2D eigenvalue weighted by Crippen LogP contribution is 2.33. The highest BCUT2D eigenvalue weighted by Gasteiger charge is 2.30. The molecule has 0 bridgehead atoms. The van der Waals surface area contributed by atoms with Crippen LogP contribution in [-0.4, -0.2) is 21.5 Å². The van der Waals surface area contributed by atoms with Crippen molar-refractivity contribution in [3.63, 3.8) is 0 Å². The molecule has 4 rings (SSSR count). The molecule has 1 fully saturated rings. The van der Waals surface area contributed by atoms with Gasteiger partial charge in [-0.3, -0.25) is 4.79 Å². The van der Waals surface area contributed by atoms with E-state index in [1.807, 2.05) is 23.1 Å². The Balaban J connectivity index is 1.80. The molecule has 0 saturated carbocycles. The summed E-state index contributed by atoms with van der Waals surface area (Å²) in [5, 5.41) is 0.613. The molecule has 1 aromatic carbocycles. The maximum absolute atomic E-state index is 12.2. The smallest absolute Gasteiger partial charge is 0.297 e. The fourth-order valence-corrected chi connectivity index (χ4v) is 2.90. The minimum atomic E-state index is -0.102. The van der Waals surface area contributed by atoms with E-state index in [2.05, 4.69) is 15.0 Å². The maximum atomic E-state index is 12.2. The number of fused-ring (bicyclic) bond motifs is 1. The predicted molar refractivity (Wildman–Crippen MR) is 78.2 cm³/mol. The van der Waals surface area contributed by atoms with Gasteiger partial charge in [-0.05, 0) is 25.0 Å². The number of hydrogen-bond acceptors (Lipinski definition) is 5. The van der Waals surface area contributed by atoms with Gasteiger partial charge in [-0.25, -0.2) is 9.97 Å². The Morgan fingerprint density at radius 3 is 3.10 bits per heavy atom. The van der Waals surface area contributed by atoms with Crippen LogP contribution in [-0.2, 0) is 0 Å². The molecular formula is C15H14N4O2. The predicted octanol–water partition coefficient (Wildman–Crippen LogP) is 2.25. The first-order valence-corrected chi connectivity index (χ1v) is 6.98. The first-order valence-electron chi connectivity index (χ1n) is 6.98. The summed E-state index contributed by atoms with van der Waals surface area (Å²) < 4.78 is 5.38. The average Bonchev–Trinajstić information content (AvgIpc) is 3.18. The first kappa shape index (κ1) is 12.1. The van der Waals surface area contributed by atoms with E-state index < -0.39 is 0 Å². The third-order valence-corrected chi connectivity index (χ3v) is 3.86. The quantitative estimate of drug-likeness (QED) is 0.780. The van der Waals surface area contributed by atoms with Gasteiger partial charge in [0.1, 0.15) is 12.1 Å². The summed E-state index contributed by atoms with van der Waals surface area (Å²) in [7, 11) is 0. The number of para-hydroxylation sites is 1. The molecule has 106 valence electrons. The molecule has 6 nitrogen and oxygen atoms in total. The van der Waals surface area contributed by atoms with E-state index in [0.29, 0.717) is 17.2 Å². The topological polar surface area (TPSA) is 75.0 Å². The number of hydrogen-bond donors (Lipinski definition) is 1. The van der Waals surface area contributed by atoms with Gasteiger partial charge in [0.2, 0.25) is 0 Å². The van der Waals surface area contributed by atoms with Crippen molar-refractivity contribution in [2.24, 2.45) is 0 Å². The summed E-state index contributed by atoms with van der Waals surface area (Å²) >= 11 is 0. The lowest BCUT2D eigenvalue weighted by molar-refractivity contribution is 0.519. The fraction of sp³-hybridized carbons (Fsp3) is 0.267. The van der Waals surface area contributed by atoms with Crippen LogP contribution >= 0.6 is 0 Å². The first-order chi connectivity index (χ1) is 10.3. The van der Waals surface area contributed by atoms with Gasteiger partial charge in [0.15, 0.2) is 0 Å². The Hall–Kier alpha value is -2.63. The summed E-state index contributed by atoms with van der Waals surface area (Å²) in [6.45, 7) is 0.849. The van der Waals surface area contributed by atoms with Gasteiger partial charge in [0.25, 0.3) is 11.6 Å². The zero-order chi connectivity index (χ0) is 14.2. The lowest BCUT2D eigenvalue weighted by Gasteiger charge is -2.21. The van der Waals surface area contributed by atoms with E-state index in [1.54, 1.807) is 18.5 Å². The van der Waals surface area contributed by atoms with Gasteiger partial charge >= 0.3 is 0 Å². The van der Waals surface area contributed by atoms with Crippen LogP contribution in [0.4, 0.5) is 6.01 Å². The van der Waals surface area contributed by atoms with Gasteiger partial charge < -0.3 is 14.3 Å². The van der Waals surface area contributed by atoms with Crippen LogP contribution in [0.2, 0.25) is 0 Å². The van der Waals surface area contributed by atoms with E-state index in [4.69, 9.17) is 4.42 Å². The zero-order valence-corrected chi connectivity index (χ0v) is 11.3. The second-order valence-corrected chi connectivity index (χ2v) is 5.13. The monoisotopic (exact) mass is 282 g/mol. The van der Waals surface area contributed by atoms with Gasteiger partial charge in [0.05, 0.1) is 23.1 Å². The van der Waals surface area contributed by atoms with Crippen molar-refractivity contribution < 1.29 is 4.42 Å². The molecule has 1 saturated heterocycles. The highest BCUT2D eigenvalue weighted by atomic mass is 16.4. The minimum Gasteiger partial charge on any atom is -0.432 e. The third kappa shape index (κ3) is 1.99. The van der Waals surface area contributed by atoms with Crippen molar-refractivity contribution in [3.8, 4) is 0 Å². The van der Waals surface area contributed by atoms with Crippen molar-refractivity contribution >= 4 is 16.9 Å². The number of nitrogens with one attached hydrogen (secondary N) is 1. The van der Waals surface area contributed by atoms with E-state index in [-0.39, 0.29) is 11.6 Å². The standard InChI is InChI=1S/C15H14N4O2/c20-14-10-4-1-2-5-11(10)17-13(18-14)12-6-3-8-19(12)15-16-7-9-21-15/h1-2,4-5,7,9,12H,3,6,8H2,(H,17,18,20). The maximum Gasteiger partial charge on any atom is 0.297 e. The van der Waals surface area contributed by atoms with Crippen LogP contribution in [0.15, 0.2) is 45.9 Å². The van der Waals surface area contributed by atoms with E-state index in [9.17, 15) is 4.79 Å². The molecule has 0 amide bonds. The number of nitrogens with zero attached hydrogens (tertiary/aromatic N) is 3. The molecule has 1 atom stereocenters. The van der Waals surface area contributed by atoms with Crippen molar-refractivity contribution in [2.45, 2.75) is 18.9 Å². The number of aromatic amines is 1. The fourth-order valence-electron chi connectivity index (χ4n) is 2.90. The number of aromatic nitrogens is 3. The molecule has 2 aromatic heterocycles. The molecule has 0 aliphatic carbocycles.